The van der Waals surface area contributed by atoms with Crippen molar-refractivity contribution in [3.63, 3.8) is 0 Å². The van der Waals surface area contributed by atoms with E-state index in [0.717, 1.165) is 11.1 Å². The van der Waals surface area contributed by atoms with Gasteiger partial charge in [-0.25, -0.2) is 4.79 Å². The molecule has 0 aliphatic rings. The molecule has 11 nitrogen and oxygen atoms in total. The highest BCUT2D eigenvalue weighted by Crippen LogP contribution is 2.25. The number of nitrogens with two attached hydrogens (primary N) is 1. The minimum atomic E-state index is -1.21. The fourth-order valence-electron chi connectivity index (χ4n) is 3.68. The van der Waals surface area contributed by atoms with Gasteiger partial charge in [-0.1, -0.05) is 24.3 Å². The predicted molar refractivity (Wildman–Crippen MR) is 146 cm³/mol. The lowest BCUT2D eigenvalue weighted by molar-refractivity contribution is -0.144. The van der Waals surface area contributed by atoms with Crippen LogP contribution in [0.2, 0.25) is 0 Å². The number of nitrogens with zero attached hydrogens (tertiary/aromatic N) is 1. The lowest BCUT2D eigenvalue weighted by atomic mass is 9.98. The van der Waals surface area contributed by atoms with Crippen LogP contribution < -0.4 is 16.4 Å². The molecule has 0 heterocycles. The van der Waals surface area contributed by atoms with Crippen molar-refractivity contribution in [1.82, 2.24) is 15.5 Å². The third kappa shape index (κ3) is 11.6. The van der Waals surface area contributed by atoms with Crippen LogP contribution in [0.4, 0.5) is 4.79 Å². The minimum absolute atomic E-state index is 0.00358. The maximum atomic E-state index is 13.9. The number of carbonyl (C=O) groups excluding carboxylic acids is 5. The van der Waals surface area contributed by atoms with Gasteiger partial charge in [0.2, 0.25) is 17.7 Å². The Morgan fingerprint density at radius 1 is 1.10 bits per heavy atom. The van der Waals surface area contributed by atoms with E-state index < -0.39 is 47.5 Å². The van der Waals surface area contributed by atoms with Gasteiger partial charge in [-0.2, -0.15) is 0 Å². The highest BCUT2D eigenvalue weighted by molar-refractivity contribution is 5.92. The molecule has 0 aromatic heterocycles. The van der Waals surface area contributed by atoms with Crippen molar-refractivity contribution in [3.8, 4) is 0 Å². The molecule has 0 aliphatic heterocycles. The van der Waals surface area contributed by atoms with Crippen molar-refractivity contribution in [3.05, 3.63) is 47.5 Å². The number of hydrogen-bond donors (Lipinski definition) is 3. The summed E-state index contributed by atoms with van der Waals surface area (Å²) in [6.07, 6.45) is 0.261. The lowest BCUT2D eigenvalue weighted by Gasteiger charge is -2.34. The summed E-state index contributed by atoms with van der Waals surface area (Å²) in [7, 11) is 0. The van der Waals surface area contributed by atoms with Crippen molar-refractivity contribution >= 4 is 29.8 Å². The van der Waals surface area contributed by atoms with Gasteiger partial charge in [-0.15, -0.1) is 6.58 Å². The van der Waals surface area contributed by atoms with Gasteiger partial charge < -0.3 is 30.7 Å². The van der Waals surface area contributed by atoms with Gasteiger partial charge in [0.25, 0.3) is 0 Å². The first-order valence-electron chi connectivity index (χ1n) is 12.9. The van der Waals surface area contributed by atoms with Crippen LogP contribution in [-0.2, 0) is 28.7 Å². The number of amides is 4. The van der Waals surface area contributed by atoms with Crippen molar-refractivity contribution in [2.24, 2.45) is 5.73 Å². The van der Waals surface area contributed by atoms with Crippen LogP contribution in [0.1, 0.15) is 69.7 Å². The second-order valence-corrected chi connectivity index (χ2v) is 10.1. The molecule has 216 valence electrons. The van der Waals surface area contributed by atoms with E-state index in [1.54, 1.807) is 39.8 Å². The summed E-state index contributed by atoms with van der Waals surface area (Å²) in [4.78, 5) is 64.5. The maximum Gasteiger partial charge on any atom is 0.408 e. The Labute approximate surface area is 230 Å². The average Bonchev–Trinajstić information content (AvgIpc) is 2.82. The van der Waals surface area contributed by atoms with E-state index in [1.165, 1.54) is 11.0 Å². The summed E-state index contributed by atoms with van der Waals surface area (Å²) >= 11 is 0. The predicted octanol–water partition coefficient (Wildman–Crippen LogP) is 2.59. The molecule has 0 saturated carbocycles. The number of primary amides is 1. The smallest absolute Gasteiger partial charge is 0.408 e. The van der Waals surface area contributed by atoms with E-state index in [0.29, 0.717) is 5.56 Å². The number of nitrogens with one attached hydrogen (secondary N) is 2. The summed E-state index contributed by atoms with van der Waals surface area (Å²) in [5.41, 5.74) is 6.90. The molecular formula is C28H42N4O7. The molecule has 4 amide bonds. The van der Waals surface area contributed by atoms with Crippen molar-refractivity contribution in [2.75, 3.05) is 19.7 Å². The number of alkyl carbamates (subject to hydrolysis) is 1. The molecular weight excluding hydrogens is 504 g/mol. The monoisotopic (exact) mass is 546 g/mol. The number of esters is 1. The van der Waals surface area contributed by atoms with E-state index in [4.69, 9.17) is 15.2 Å². The summed E-state index contributed by atoms with van der Waals surface area (Å²) in [6, 6.07) is 3.03. The molecule has 1 rings (SSSR count). The van der Waals surface area contributed by atoms with E-state index >= 15 is 0 Å². The van der Waals surface area contributed by atoms with Crippen molar-refractivity contribution in [1.29, 1.82) is 0 Å². The molecule has 1 aromatic carbocycles. The minimum Gasteiger partial charge on any atom is -0.466 e. The number of aryl methyl sites for hydroxylation is 2. The van der Waals surface area contributed by atoms with Crippen molar-refractivity contribution in [2.45, 2.75) is 78.5 Å². The number of rotatable bonds is 14. The van der Waals surface area contributed by atoms with Crippen LogP contribution >= 0.6 is 0 Å². The van der Waals surface area contributed by atoms with Gasteiger partial charge in [0.15, 0.2) is 0 Å². The topological polar surface area (TPSA) is 157 Å². The fourth-order valence-corrected chi connectivity index (χ4v) is 3.68. The van der Waals surface area contributed by atoms with Crippen LogP contribution in [0.3, 0.4) is 0 Å². The van der Waals surface area contributed by atoms with Gasteiger partial charge >= 0.3 is 12.1 Å². The average molecular weight is 547 g/mol. The SMILES string of the molecule is C=CCN(C(=O)C(CCC(N)=O)NC(=O)OC(C)(C)C)C(C(=O)NCCC(=O)OCC)c1ccc(C)c(C)c1. The van der Waals surface area contributed by atoms with Crippen molar-refractivity contribution < 1.29 is 33.4 Å². The Bertz CT molecular complexity index is 1050. The maximum absolute atomic E-state index is 13.9. The molecule has 4 N–H and O–H groups in total. The Morgan fingerprint density at radius 2 is 1.77 bits per heavy atom. The Balaban J connectivity index is 3.43. The molecule has 11 heteroatoms. The lowest BCUT2D eigenvalue weighted by Crippen LogP contribution is -2.53. The Hall–Kier alpha value is -3.89. The zero-order valence-corrected chi connectivity index (χ0v) is 23.8. The first-order chi connectivity index (χ1) is 18.2. The molecule has 39 heavy (non-hydrogen) atoms. The first-order valence-corrected chi connectivity index (χ1v) is 12.9. The summed E-state index contributed by atoms with van der Waals surface area (Å²) in [5, 5.41) is 5.22. The van der Waals surface area contributed by atoms with E-state index in [9.17, 15) is 24.0 Å². The first kappa shape index (κ1) is 33.1. The highest BCUT2D eigenvalue weighted by atomic mass is 16.6. The van der Waals surface area contributed by atoms with Gasteiger partial charge in [0, 0.05) is 19.5 Å². The number of hydrogen-bond acceptors (Lipinski definition) is 7. The molecule has 0 bridgehead atoms. The summed E-state index contributed by atoms with van der Waals surface area (Å²) < 4.78 is 10.2. The standard InChI is InChI=1S/C28H42N4O7/c1-8-16-32(26(36)21(12-13-22(29)33)31-27(37)39-28(5,6)7)24(20-11-10-18(3)19(4)17-20)25(35)30-15-14-23(34)38-9-2/h8,10-11,17,21,24H,1,9,12-16H2,2-7H3,(H2,29,33)(H,30,35)(H,31,37). The van der Waals surface area contributed by atoms with Crippen LogP contribution in [0.5, 0.6) is 0 Å². The number of carbonyl (C=O) groups is 5. The normalized spacial score (nSPS) is 12.5. The summed E-state index contributed by atoms with van der Waals surface area (Å²) in [5.74, 6) is -2.29. The largest absolute Gasteiger partial charge is 0.466 e. The van der Waals surface area contributed by atoms with E-state index in [2.05, 4.69) is 17.2 Å². The fraction of sp³-hybridized carbons (Fsp3) is 0.536. The van der Waals surface area contributed by atoms with Gasteiger partial charge in [-0.3, -0.25) is 19.2 Å². The highest BCUT2D eigenvalue weighted by Gasteiger charge is 2.36. The number of ether oxygens (including phenoxy) is 2. The van der Waals surface area contributed by atoms with Gasteiger partial charge in [-0.05, 0) is 64.7 Å². The summed E-state index contributed by atoms with van der Waals surface area (Å²) in [6.45, 7) is 14.4. The molecule has 1 aromatic rings. The third-order valence-corrected chi connectivity index (χ3v) is 5.62. The molecule has 0 saturated heterocycles. The molecule has 0 aliphatic carbocycles. The third-order valence-electron chi connectivity index (χ3n) is 5.62. The molecule has 2 atom stereocenters. The second-order valence-electron chi connectivity index (χ2n) is 10.1. The quantitative estimate of drug-likeness (QED) is 0.239. The zero-order valence-electron chi connectivity index (χ0n) is 23.8. The van der Waals surface area contributed by atoms with Crippen LogP contribution in [-0.4, -0.2) is 66.0 Å². The molecule has 0 radical (unpaired) electrons. The number of benzene rings is 1. The van der Waals surface area contributed by atoms with E-state index in [1.807, 2.05) is 19.9 Å². The molecule has 0 fully saturated rings. The molecule has 2 unspecified atom stereocenters. The molecule has 0 spiro atoms. The van der Waals surface area contributed by atoms with Crippen LogP contribution in [0.15, 0.2) is 30.9 Å². The zero-order chi connectivity index (χ0) is 29.8. The second kappa shape index (κ2) is 15.5. The van der Waals surface area contributed by atoms with Crippen LogP contribution in [0.25, 0.3) is 0 Å². The van der Waals surface area contributed by atoms with E-state index in [-0.39, 0.29) is 39.0 Å². The van der Waals surface area contributed by atoms with Gasteiger partial charge in [0.1, 0.15) is 17.7 Å². The Morgan fingerprint density at radius 3 is 2.31 bits per heavy atom. The van der Waals surface area contributed by atoms with Crippen LogP contribution in [0, 0.1) is 13.8 Å². The van der Waals surface area contributed by atoms with Gasteiger partial charge in [0.05, 0.1) is 13.0 Å². The Kier molecular flexibility index (Phi) is 13.2.